The summed E-state index contributed by atoms with van der Waals surface area (Å²) in [4.78, 5) is 16.2. The number of halogens is 2. The summed E-state index contributed by atoms with van der Waals surface area (Å²) in [6, 6.07) is 13.9. The van der Waals surface area contributed by atoms with Crippen LogP contribution in [0.3, 0.4) is 0 Å². The fraction of sp³-hybridized carbons (Fsp3) is 0.0455. The van der Waals surface area contributed by atoms with Gasteiger partial charge in [-0.1, -0.05) is 29.8 Å². The minimum Gasteiger partial charge on any atom is -0.326 e. The molecular formula is C22H17ClFN5O3S. The zero-order valence-electron chi connectivity index (χ0n) is 16.9. The summed E-state index contributed by atoms with van der Waals surface area (Å²) in [6.07, 6.45) is 4.09. The fourth-order valence-electron chi connectivity index (χ4n) is 3.16. The molecule has 0 atom stereocenters. The minimum absolute atomic E-state index is 0.0132. The third-order valence-corrected chi connectivity index (χ3v) is 6.02. The van der Waals surface area contributed by atoms with Gasteiger partial charge in [0.25, 0.3) is 0 Å². The molecule has 0 saturated carbocycles. The van der Waals surface area contributed by atoms with Crippen molar-refractivity contribution in [3.63, 3.8) is 0 Å². The van der Waals surface area contributed by atoms with E-state index in [1.807, 2.05) is 0 Å². The molecule has 168 valence electrons. The first-order valence-electron chi connectivity index (χ1n) is 9.58. The second-order valence-electron chi connectivity index (χ2n) is 7.08. The lowest BCUT2D eigenvalue weighted by Crippen LogP contribution is -2.18. The van der Waals surface area contributed by atoms with Gasteiger partial charge in [0.15, 0.2) is 0 Å². The number of pyridine rings is 1. The molecule has 3 N–H and O–H groups in total. The van der Waals surface area contributed by atoms with Gasteiger partial charge in [-0.2, -0.15) is 5.10 Å². The van der Waals surface area contributed by atoms with Gasteiger partial charge in [0.05, 0.1) is 30.2 Å². The molecule has 2 aromatic carbocycles. The molecule has 2 aromatic heterocycles. The van der Waals surface area contributed by atoms with Crippen LogP contribution in [0.25, 0.3) is 16.9 Å². The summed E-state index contributed by atoms with van der Waals surface area (Å²) >= 11 is 6.09. The molecule has 0 spiro atoms. The Balaban J connectivity index is 1.62. The number of primary sulfonamides is 1. The van der Waals surface area contributed by atoms with Crippen molar-refractivity contribution in [2.24, 2.45) is 5.14 Å². The lowest BCUT2D eigenvalue weighted by atomic mass is 10.1. The number of carbonyl (C=O) groups is 1. The van der Waals surface area contributed by atoms with E-state index in [4.69, 9.17) is 16.7 Å². The molecular weight excluding hydrogens is 469 g/mol. The van der Waals surface area contributed by atoms with E-state index in [1.54, 1.807) is 30.5 Å². The van der Waals surface area contributed by atoms with Gasteiger partial charge < -0.3 is 5.32 Å². The predicted molar refractivity (Wildman–Crippen MR) is 122 cm³/mol. The number of nitrogens with two attached hydrogens (primary N) is 1. The number of amides is 1. The third kappa shape index (κ3) is 5.25. The van der Waals surface area contributed by atoms with E-state index in [0.29, 0.717) is 21.8 Å². The Hall–Kier alpha value is -3.60. The van der Waals surface area contributed by atoms with Crippen LogP contribution in [0, 0.1) is 5.82 Å². The maximum Gasteiger partial charge on any atom is 0.240 e. The standard InChI is InChI=1S/C22H17ClFN5O3S/c23-18-4-2-1-3-14(18)9-22(30)28-17-6-8-20(21(10-17)33(25,31)32)29-13-15(11-27-29)19-7-5-16(24)12-26-19/h1-8,10-13H,9H2,(H,28,30)(H2,25,31,32). The zero-order chi connectivity index (χ0) is 23.6. The van der Waals surface area contributed by atoms with Crippen LogP contribution in [0.1, 0.15) is 5.56 Å². The first-order chi connectivity index (χ1) is 15.7. The second kappa shape index (κ2) is 9.10. The van der Waals surface area contributed by atoms with Crippen LogP contribution in [0.5, 0.6) is 0 Å². The molecule has 0 aliphatic heterocycles. The van der Waals surface area contributed by atoms with Crippen LogP contribution in [0.4, 0.5) is 10.1 Å². The van der Waals surface area contributed by atoms with E-state index >= 15 is 0 Å². The number of hydrogen-bond donors (Lipinski definition) is 2. The minimum atomic E-state index is -4.16. The van der Waals surface area contributed by atoms with Crippen molar-refractivity contribution in [3.05, 3.63) is 89.6 Å². The third-order valence-electron chi connectivity index (χ3n) is 4.71. The number of anilines is 1. The van der Waals surface area contributed by atoms with E-state index in [2.05, 4.69) is 15.4 Å². The lowest BCUT2D eigenvalue weighted by Gasteiger charge is -2.12. The average molecular weight is 486 g/mol. The van der Waals surface area contributed by atoms with Crippen molar-refractivity contribution in [2.75, 3.05) is 5.32 Å². The molecule has 1 amide bonds. The van der Waals surface area contributed by atoms with E-state index in [1.165, 1.54) is 41.2 Å². The zero-order valence-corrected chi connectivity index (χ0v) is 18.5. The first-order valence-corrected chi connectivity index (χ1v) is 11.5. The highest BCUT2D eigenvalue weighted by molar-refractivity contribution is 7.89. The number of aromatic nitrogens is 3. The molecule has 4 aromatic rings. The summed E-state index contributed by atoms with van der Waals surface area (Å²) in [5, 5.41) is 12.7. The molecule has 0 aliphatic rings. The molecule has 0 unspecified atom stereocenters. The second-order valence-corrected chi connectivity index (χ2v) is 9.02. The van der Waals surface area contributed by atoms with Gasteiger partial charge in [0.1, 0.15) is 10.7 Å². The van der Waals surface area contributed by atoms with Crippen molar-refractivity contribution in [1.82, 2.24) is 14.8 Å². The number of carbonyl (C=O) groups excluding carboxylic acids is 1. The van der Waals surface area contributed by atoms with Crippen LogP contribution in [-0.4, -0.2) is 29.1 Å². The number of nitrogens with zero attached hydrogens (tertiary/aromatic N) is 3. The molecule has 0 radical (unpaired) electrons. The molecule has 0 fully saturated rings. The molecule has 0 aliphatic carbocycles. The monoisotopic (exact) mass is 485 g/mol. The van der Waals surface area contributed by atoms with Gasteiger partial charge in [-0.25, -0.2) is 22.6 Å². The Kier molecular flexibility index (Phi) is 6.23. The van der Waals surface area contributed by atoms with E-state index in [-0.39, 0.29) is 28.6 Å². The molecule has 2 heterocycles. The van der Waals surface area contributed by atoms with Gasteiger partial charge in [0, 0.05) is 22.5 Å². The van der Waals surface area contributed by atoms with Crippen molar-refractivity contribution in [2.45, 2.75) is 11.3 Å². The first kappa shape index (κ1) is 22.6. The molecule has 4 rings (SSSR count). The smallest absolute Gasteiger partial charge is 0.240 e. The van der Waals surface area contributed by atoms with Gasteiger partial charge in [-0.05, 0) is 42.0 Å². The SMILES string of the molecule is NS(=O)(=O)c1cc(NC(=O)Cc2ccccc2Cl)ccc1-n1cc(-c2ccc(F)cn2)cn1. The number of sulfonamides is 1. The van der Waals surface area contributed by atoms with Gasteiger partial charge in [0.2, 0.25) is 15.9 Å². The van der Waals surface area contributed by atoms with E-state index < -0.39 is 15.8 Å². The molecule has 0 saturated heterocycles. The van der Waals surface area contributed by atoms with Crippen molar-refractivity contribution in [3.8, 4) is 16.9 Å². The normalized spacial score (nSPS) is 11.4. The lowest BCUT2D eigenvalue weighted by molar-refractivity contribution is -0.115. The summed E-state index contributed by atoms with van der Waals surface area (Å²) in [6.45, 7) is 0. The quantitative estimate of drug-likeness (QED) is 0.432. The van der Waals surface area contributed by atoms with Gasteiger partial charge >= 0.3 is 0 Å². The van der Waals surface area contributed by atoms with Crippen LogP contribution in [0.2, 0.25) is 5.02 Å². The highest BCUT2D eigenvalue weighted by Gasteiger charge is 2.19. The topological polar surface area (TPSA) is 120 Å². The number of rotatable bonds is 6. The summed E-state index contributed by atoms with van der Waals surface area (Å²) in [7, 11) is -4.16. The van der Waals surface area contributed by atoms with Crippen LogP contribution in [0.15, 0.2) is 78.1 Å². The predicted octanol–water partition coefficient (Wildman–Crippen LogP) is 3.56. The largest absolute Gasteiger partial charge is 0.326 e. The number of hydrogen-bond acceptors (Lipinski definition) is 5. The molecule has 8 nitrogen and oxygen atoms in total. The maximum absolute atomic E-state index is 13.1. The Bertz CT molecular complexity index is 1440. The molecule has 33 heavy (non-hydrogen) atoms. The van der Waals surface area contributed by atoms with Crippen molar-refractivity contribution < 1.29 is 17.6 Å². The summed E-state index contributed by atoms with van der Waals surface area (Å²) in [5.41, 5.74) is 2.07. The Labute approximate surface area is 193 Å². The van der Waals surface area contributed by atoms with Crippen LogP contribution >= 0.6 is 11.6 Å². The van der Waals surface area contributed by atoms with Gasteiger partial charge in [-0.3, -0.25) is 9.78 Å². The van der Waals surface area contributed by atoms with Crippen LogP contribution in [-0.2, 0) is 21.2 Å². The maximum atomic E-state index is 13.1. The van der Waals surface area contributed by atoms with Crippen molar-refractivity contribution >= 4 is 33.2 Å². The Morgan fingerprint density at radius 1 is 1.12 bits per heavy atom. The summed E-state index contributed by atoms with van der Waals surface area (Å²) < 4.78 is 39.0. The molecule has 0 bridgehead atoms. The fourth-order valence-corrected chi connectivity index (χ4v) is 4.11. The van der Waals surface area contributed by atoms with E-state index in [9.17, 15) is 17.6 Å². The average Bonchev–Trinajstić information content (AvgIpc) is 3.25. The Morgan fingerprint density at radius 2 is 1.91 bits per heavy atom. The number of benzene rings is 2. The van der Waals surface area contributed by atoms with Gasteiger partial charge in [-0.15, -0.1) is 0 Å². The number of nitrogens with one attached hydrogen (secondary N) is 1. The highest BCUT2D eigenvalue weighted by Crippen LogP contribution is 2.25. The molecule has 11 heteroatoms. The summed E-state index contributed by atoms with van der Waals surface area (Å²) in [5.74, 6) is -0.852. The highest BCUT2D eigenvalue weighted by atomic mass is 35.5. The van der Waals surface area contributed by atoms with Crippen molar-refractivity contribution in [1.29, 1.82) is 0 Å². The van der Waals surface area contributed by atoms with Crippen LogP contribution < -0.4 is 10.5 Å². The Morgan fingerprint density at radius 3 is 2.61 bits per heavy atom. The van der Waals surface area contributed by atoms with E-state index in [0.717, 1.165) is 6.20 Å².